The lowest BCUT2D eigenvalue weighted by Gasteiger charge is -2.05. The first-order valence-corrected chi connectivity index (χ1v) is 4.12. The molecule has 0 aliphatic heterocycles. The van der Waals surface area contributed by atoms with Gasteiger partial charge >= 0.3 is 6.09 Å². The second-order valence-corrected chi connectivity index (χ2v) is 2.88. The summed E-state index contributed by atoms with van der Waals surface area (Å²) in [4.78, 5) is 10.2. The molecule has 2 aromatic rings. The molecule has 1 heterocycles. The Balaban J connectivity index is 2.32. The molecule has 0 bridgehead atoms. The SMILES string of the molecule is O=C(O)NNc1cc(O)c2ccoc2c1. The number of nitrogens with one attached hydrogen (secondary N) is 2. The molecule has 1 amide bonds. The molecule has 6 nitrogen and oxygen atoms in total. The summed E-state index contributed by atoms with van der Waals surface area (Å²) in [5, 5.41) is 18.5. The van der Waals surface area contributed by atoms with Crippen molar-refractivity contribution in [2.24, 2.45) is 0 Å². The Hall–Kier alpha value is -2.37. The zero-order valence-electron chi connectivity index (χ0n) is 7.52. The number of anilines is 1. The number of fused-ring (bicyclic) bond motifs is 1. The summed E-state index contributed by atoms with van der Waals surface area (Å²) in [6.45, 7) is 0. The van der Waals surface area contributed by atoms with E-state index in [0.717, 1.165) is 0 Å². The maximum Gasteiger partial charge on any atom is 0.423 e. The number of carboxylic acid groups (broad SMARTS) is 1. The van der Waals surface area contributed by atoms with E-state index in [1.807, 2.05) is 5.43 Å². The Morgan fingerprint density at radius 2 is 2.20 bits per heavy atom. The fraction of sp³-hybridized carbons (Fsp3) is 0. The zero-order valence-corrected chi connectivity index (χ0v) is 7.52. The number of aromatic hydroxyl groups is 1. The Morgan fingerprint density at radius 3 is 2.93 bits per heavy atom. The molecule has 0 saturated heterocycles. The standard InChI is InChI=1S/C9H8N2O4/c12-7-3-5(10-11-9(13)14)4-8-6(7)1-2-15-8/h1-4,10-12H,(H,13,14). The van der Waals surface area contributed by atoms with Gasteiger partial charge in [-0.1, -0.05) is 0 Å². The molecular formula is C9H8N2O4. The topological polar surface area (TPSA) is 94.7 Å². The van der Waals surface area contributed by atoms with Gasteiger partial charge < -0.3 is 14.6 Å². The van der Waals surface area contributed by atoms with Crippen LogP contribution >= 0.6 is 0 Å². The van der Waals surface area contributed by atoms with Crippen molar-refractivity contribution in [1.82, 2.24) is 5.43 Å². The van der Waals surface area contributed by atoms with Gasteiger partial charge in [0.2, 0.25) is 0 Å². The molecule has 4 N–H and O–H groups in total. The number of phenols is 1. The monoisotopic (exact) mass is 208 g/mol. The highest BCUT2D eigenvalue weighted by atomic mass is 16.4. The van der Waals surface area contributed by atoms with Crippen LogP contribution in [0.2, 0.25) is 0 Å². The largest absolute Gasteiger partial charge is 0.507 e. The highest BCUT2D eigenvalue weighted by Gasteiger charge is 2.05. The predicted octanol–water partition coefficient (Wildman–Crippen LogP) is 1.73. The molecule has 2 rings (SSSR count). The van der Waals surface area contributed by atoms with Crippen molar-refractivity contribution in [2.75, 3.05) is 5.43 Å². The van der Waals surface area contributed by atoms with Gasteiger partial charge in [-0.15, -0.1) is 0 Å². The average molecular weight is 208 g/mol. The molecule has 0 saturated carbocycles. The van der Waals surface area contributed by atoms with Gasteiger partial charge in [0.05, 0.1) is 17.3 Å². The Kier molecular flexibility index (Phi) is 2.09. The summed E-state index contributed by atoms with van der Waals surface area (Å²) in [7, 11) is 0. The number of hydrazine groups is 1. The van der Waals surface area contributed by atoms with Gasteiger partial charge in [0.1, 0.15) is 11.3 Å². The first-order valence-electron chi connectivity index (χ1n) is 4.12. The minimum Gasteiger partial charge on any atom is -0.507 e. The average Bonchev–Trinajstić information content (AvgIpc) is 2.63. The van der Waals surface area contributed by atoms with E-state index < -0.39 is 6.09 Å². The number of carbonyl (C=O) groups is 1. The van der Waals surface area contributed by atoms with Crippen molar-refractivity contribution in [2.45, 2.75) is 0 Å². The molecule has 15 heavy (non-hydrogen) atoms. The van der Waals surface area contributed by atoms with E-state index in [0.29, 0.717) is 16.7 Å². The molecular weight excluding hydrogens is 200 g/mol. The van der Waals surface area contributed by atoms with Gasteiger partial charge in [0.25, 0.3) is 0 Å². The van der Waals surface area contributed by atoms with E-state index in [9.17, 15) is 9.90 Å². The van der Waals surface area contributed by atoms with Crippen molar-refractivity contribution in [3.63, 3.8) is 0 Å². The number of hydrogen-bond acceptors (Lipinski definition) is 4. The molecule has 6 heteroatoms. The van der Waals surface area contributed by atoms with Crippen LogP contribution in [0.1, 0.15) is 0 Å². The third-order valence-corrected chi connectivity index (χ3v) is 1.86. The van der Waals surface area contributed by atoms with Crippen LogP contribution in [0.15, 0.2) is 28.9 Å². The smallest absolute Gasteiger partial charge is 0.423 e. The van der Waals surface area contributed by atoms with Crippen LogP contribution in [0, 0.1) is 0 Å². The van der Waals surface area contributed by atoms with E-state index >= 15 is 0 Å². The second-order valence-electron chi connectivity index (χ2n) is 2.88. The molecule has 0 spiro atoms. The predicted molar refractivity (Wildman–Crippen MR) is 52.7 cm³/mol. The van der Waals surface area contributed by atoms with Crippen molar-refractivity contribution < 1.29 is 19.4 Å². The number of amides is 1. The Labute approximate surface area is 84.1 Å². The molecule has 0 fully saturated rings. The quantitative estimate of drug-likeness (QED) is 0.564. The first-order chi connectivity index (χ1) is 7.16. The summed E-state index contributed by atoms with van der Waals surface area (Å²) >= 11 is 0. The van der Waals surface area contributed by atoms with Gasteiger partial charge in [-0.3, -0.25) is 5.43 Å². The summed E-state index contributed by atoms with van der Waals surface area (Å²) in [5.41, 5.74) is 5.23. The molecule has 78 valence electrons. The molecule has 0 aliphatic carbocycles. The van der Waals surface area contributed by atoms with Crippen LogP contribution in [0.4, 0.5) is 10.5 Å². The van der Waals surface area contributed by atoms with Gasteiger partial charge in [-0.05, 0) is 6.07 Å². The van der Waals surface area contributed by atoms with Crippen LogP contribution in [0.5, 0.6) is 5.75 Å². The van der Waals surface area contributed by atoms with Crippen LogP contribution in [0.25, 0.3) is 11.0 Å². The lowest BCUT2D eigenvalue weighted by Crippen LogP contribution is -2.27. The molecule has 1 aromatic heterocycles. The van der Waals surface area contributed by atoms with Crippen molar-refractivity contribution >= 4 is 22.7 Å². The van der Waals surface area contributed by atoms with E-state index in [2.05, 4.69) is 5.43 Å². The normalized spacial score (nSPS) is 10.1. The minimum atomic E-state index is -1.21. The van der Waals surface area contributed by atoms with Gasteiger partial charge in [0, 0.05) is 12.1 Å². The fourth-order valence-corrected chi connectivity index (χ4v) is 1.25. The van der Waals surface area contributed by atoms with Crippen molar-refractivity contribution in [1.29, 1.82) is 0 Å². The third kappa shape index (κ3) is 1.78. The second kappa shape index (κ2) is 3.41. The first kappa shape index (κ1) is 9.20. The maximum absolute atomic E-state index is 10.2. The van der Waals surface area contributed by atoms with E-state index in [1.165, 1.54) is 12.3 Å². The lowest BCUT2D eigenvalue weighted by atomic mass is 10.2. The number of hydrogen-bond donors (Lipinski definition) is 4. The molecule has 0 atom stereocenters. The number of benzene rings is 1. The van der Waals surface area contributed by atoms with Crippen molar-refractivity contribution in [3.05, 3.63) is 24.5 Å². The summed E-state index contributed by atoms with van der Waals surface area (Å²) in [6, 6.07) is 4.60. The number of furan rings is 1. The number of rotatable bonds is 2. The molecule has 0 radical (unpaired) electrons. The van der Waals surface area contributed by atoms with Crippen LogP contribution < -0.4 is 10.9 Å². The summed E-state index contributed by atoms with van der Waals surface area (Å²) in [6.07, 6.45) is 0.229. The van der Waals surface area contributed by atoms with Gasteiger partial charge in [-0.25, -0.2) is 10.2 Å². The molecule has 1 aromatic carbocycles. The Morgan fingerprint density at radius 1 is 1.40 bits per heavy atom. The third-order valence-electron chi connectivity index (χ3n) is 1.86. The highest BCUT2D eigenvalue weighted by Crippen LogP contribution is 2.29. The minimum absolute atomic E-state index is 0.0240. The van der Waals surface area contributed by atoms with Crippen LogP contribution in [0.3, 0.4) is 0 Å². The molecule has 0 aliphatic rings. The summed E-state index contributed by atoms with van der Waals surface area (Å²) in [5.74, 6) is 0.0240. The van der Waals surface area contributed by atoms with Gasteiger partial charge in [-0.2, -0.15) is 0 Å². The fourth-order valence-electron chi connectivity index (χ4n) is 1.25. The molecule has 0 unspecified atom stereocenters. The number of phenolic OH excluding ortho intramolecular Hbond substituents is 1. The highest BCUT2D eigenvalue weighted by molar-refractivity contribution is 5.87. The zero-order chi connectivity index (χ0) is 10.8. The van der Waals surface area contributed by atoms with Crippen LogP contribution in [-0.2, 0) is 0 Å². The van der Waals surface area contributed by atoms with Crippen LogP contribution in [-0.4, -0.2) is 16.3 Å². The van der Waals surface area contributed by atoms with E-state index in [4.69, 9.17) is 9.52 Å². The van der Waals surface area contributed by atoms with E-state index in [1.54, 1.807) is 12.1 Å². The maximum atomic E-state index is 10.2. The van der Waals surface area contributed by atoms with E-state index in [-0.39, 0.29) is 5.75 Å². The van der Waals surface area contributed by atoms with Crippen molar-refractivity contribution in [3.8, 4) is 5.75 Å². The van der Waals surface area contributed by atoms with Gasteiger partial charge in [0.15, 0.2) is 0 Å². The Bertz CT molecular complexity index is 506. The summed E-state index contributed by atoms with van der Waals surface area (Å²) < 4.78 is 5.07. The lowest BCUT2D eigenvalue weighted by molar-refractivity contribution is 0.197.